The smallest absolute Gasteiger partial charge is 0.337 e. The summed E-state index contributed by atoms with van der Waals surface area (Å²) in [5.74, 6) is -0.816. The number of carboxylic acid groups (broad SMARTS) is 1. The van der Waals surface area contributed by atoms with Crippen LogP contribution >= 0.6 is 11.3 Å². The Morgan fingerprint density at radius 3 is 2.66 bits per heavy atom. The molecule has 0 saturated heterocycles. The van der Waals surface area contributed by atoms with Gasteiger partial charge < -0.3 is 10.4 Å². The second kappa shape index (κ2) is 7.73. The molecule has 1 aliphatic carbocycles. The molecule has 2 aromatic heterocycles. The van der Waals surface area contributed by atoms with Crippen molar-refractivity contribution in [1.29, 1.82) is 0 Å². The number of pyridine rings is 1. The number of aryl methyl sites for hydroxylation is 1. The lowest BCUT2D eigenvalue weighted by Gasteiger charge is -2.29. The third-order valence-electron chi connectivity index (χ3n) is 5.72. The number of fused-ring (bicyclic) bond motifs is 1. The van der Waals surface area contributed by atoms with Gasteiger partial charge in [-0.15, -0.1) is 11.3 Å². The van der Waals surface area contributed by atoms with E-state index in [0.29, 0.717) is 12.1 Å². The minimum atomic E-state index is -0.816. The number of hydrogen-bond donors (Lipinski definition) is 2. The van der Waals surface area contributed by atoms with Gasteiger partial charge in [-0.25, -0.2) is 4.79 Å². The Morgan fingerprint density at radius 2 is 1.97 bits per heavy atom. The standard InChI is InChI=1S/C24H26N2O2S/c1-24(2)9-6-20-19(13-24)21(23(27)28)22(29-20)18-5-4-16(12-17(18)14-25-3)15-7-10-26-11-8-15/h4-5,7-8,10-12,25H,6,9,13-14H2,1-3H3,(H,27,28). The first kappa shape index (κ1) is 19.8. The summed E-state index contributed by atoms with van der Waals surface area (Å²) in [4.78, 5) is 18.5. The molecule has 5 heteroatoms. The van der Waals surface area contributed by atoms with Gasteiger partial charge in [0.1, 0.15) is 0 Å². The van der Waals surface area contributed by atoms with E-state index < -0.39 is 5.97 Å². The van der Waals surface area contributed by atoms with Crippen molar-refractivity contribution in [2.75, 3.05) is 7.05 Å². The summed E-state index contributed by atoms with van der Waals surface area (Å²) in [5.41, 5.74) is 6.05. The second-order valence-corrected chi connectivity index (χ2v) is 9.60. The molecule has 29 heavy (non-hydrogen) atoms. The van der Waals surface area contributed by atoms with Crippen LogP contribution in [0.1, 0.15) is 46.6 Å². The topological polar surface area (TPSA) is 62.2 Å². The number of hydrogen-bond acceptors (Lipinski definition) is 4. The van der Waals surface area contributed by atoms with Crippen LogP contribution in [0.15, 0.2) is 42.7 Å². The minimum absolute atomic E-state index is 0.147. The highest BCUT2D eigenvalue weighted by molar-refractivity contribution is 7.16. The van der Waals surface area contributed by atoms with Crippen LogP contribution in [-0.2, 0) is 19.4 Å². The third kappa shape index (κ3) is 3.85. The van der Waals surface area contributed by atoms with Crippen LogP contribution in [0.3, 0.4) is 0 Å². The van der Waals surface area contributed by atoms with E-state index in [1.807, 2.05) is 19.2 Å². The molecule has 0 fully saturated rings. The number of nitrogens with zero attached hydrogens (tertiary/aromatic N) is 1. The maximum absolute atomic E-state index is 12.3. The predicted octanol–water partition coefficient (Wildman–Crippen LogP) is 5.41. The van der Waals surface area contributed by atoms with E-state index in [-0.39, 0.29) is 5.41 Å². The van der Waals surface area contributed by atoms with Gasteiger partial charge in [0.15, 0.2) is 0 Å². The number of nitrogens with one attached hydrogen (secondary N) is 1. The van der Waals surface area contributed by atoms with Gasteiger partial charge in [-0.05, 0) is 77.7 Å². The molecule has 2 heterocycles. The average molecular weight is 407 g/mol. The minimum Gasteiger partial charge on any atom is -0.478 e. The molecule has 0 bridgehead atoms. The van der Waals surface area contributed by atoms with Crippen LogP contribution in [0.25, 0.3) is 21.6 Å². The highest BCUT2D eigenvalue weighted by Crippen LogP contribution is 2.46. The van der Waals surface area contributed by atoms with Crippen LogP contribution in [-0.4, -0.2) is 23.1 Å². The third-order valence-corrected chi connectivity index (χ3v) is 7.04. The first-order valence-electron chi connectivity index (χ1n) is 9.96. The molecule has 150 valence electrons. The summed E-state index contributed by atoms with van der Waals surface area (Å²) in [6.45, 7) is 5.14. The zero-order valence-corrected chi connectivity index (χ0v) is 17.9. The Bertz CT molecular complexity index is 1050. The van der Waals surface area contributed by atoms with E-state index in [1.54, 1.807) is 23.7 Å². The first-order chi connectivity index (χ1) is 13.9. The fraction of sp³-hybridized carbons (Fsp3) is 0.333. The van der Waals surface area contributed by atoms with Crippen molar-refractivity contribution >= 4 is 17.3 Å². The quantitative estimate of drug-likeness (QED) is 0.595. The molecular formula is C24H26N2O2S. The fourth-order valence-electron chi connectivity index (χ4n) is 4.21. The largest absolute Gasteiger partial charge is 0.478 e. The number of benzene rings is 1. The zero-order chi connectivity index (χ0) is 20.6. The molecular weight excluding hydrogens is 380 g/mol. The molecule has 3 aromatic rings. The van der Waals surface area contributed by atoms with Crippen molar-refractivity contribution < 1.29 is 9.90 Å². The van der Waals surface area contributed by atoms with Crippen molar-refractivity contribution in [3.05, 3.63) is 64.3 Å². The number of rotatable bonds is 5. The first-order valence-corrected chi connectivity index (χ1v) is 10.8. The predicted molar refractivity (Wildman–Crippen MR) is 119 cm³/mol. The molecule has 0 atom stereocenters. The van der Waals surface area contributed by atoms with Crippen molar-refractivity contribution in [3.8, 4) is 21.6 Å². The van der Waals surface area contributed by atoms with Crippen molar-refractivity contribution in [3.63, 3.8) is 0 Å². The highest BCUT2D eigenvalue weighted by atomic mass is 32.1. The highest BCUT2D eigenvalue weighted by Gasteiger charge is 2.33. The molecule has 0 unspecified atom stereocenters. The Hall–Kier alpha value is -2.50. The lowest BCUT2D eigenvalue weighted by Crippen LogP contribution is -2.22. The molecule has 0 radical (unpaired) electrons. The van der Waals surface area contributed by atoms with Crippen LogP contribution in [0.5, 0.6) is 0 Å². The molecule has 4 rings (SSSR count). The number of thiophene rings is 1. The average Bonchev–Trinajstić information content (AvgIpc) is 3.06. The SMILES string of the molecule is CNCc1cc(-c2ccncc2)ccc1-c1sc2c(c1C(=O)O)CC(C)(C)CC2. The lowest BCUT2D eigenvalue weighted by atomic mass is 9.76. The number of carbonyl (C=O) groups is 1. The number of aromatic nitrogens is 1. The number of aromatic carboxylic acids is 1. The van der Waals surface area contributed by atoms with Gasteiger partial charge in [-0.3, -0.25) is 4.98 Å². The van der Waals surface area contributed by atoms with Crippen molar-refractivity contribution in [1.82, 2.24) is 10.3 Å². The van der Waals surface area contributed by atoms with E-state index in [4.69, 9.17) is 0 Å². The van der Waals surface area contributed by atoms with E-state index in [2.05, 4.69) is 42.3 Å². The second-order valence-electron chi connectivity index (χ2n) is 8.49. The maximum Gasteiger partial charge on any atom is 0.337 e. The molecule has 0 aliphatic heterocycles. The lowest BCUT2D eigenvalue weighted by molar-refractivity contribution is 0.0696. The molecule has 0 saturated carbocycles. The summed E-state index contributed by atoms with van der Waals surface area (Å²) >= 11 is 1.67. The zero-order valence-electron chi connectivity index (χ0n) is 17.1. The van der Waals surface area contributed by atoms with Crippen LogP contribution < -0.4 is 5.32 Å². The maximum atomic E-state index is 12.3. The van der Waals surface area contributed by atoms with Gasteiger partial charge >= 0.3 is 5.97 Å². The van der Waals surface area contributed by atoms with Crippen LogP contribution in [0.2, 0.25) is 0 Å². The number of carboxylic acids is 1. The van der Waals surface area contributed by atoms with Gasteiger partial charge in [-0.1, -0.05) is 26.0 Å². The molecule has 0 amide bonds. The van der Waals surface area contributed by atoms with E-state index in [1.165, 1.54) is 4.88 Å². The van der Waals surface area contributed by atoms with Gasteiger partial charge in [0.25, 0.3) is 0 Å². The van der Waals surface area contributed by atoms with Gasteiger partial charge in [0.2, 0.25) is 0 Å². The summed E-state index contributed by atoms with van der Waals surface area (Å²) in [6.07, 6.45) is 6.47. The van der Waals surface area contributed by atoms with Crippen LogP contribution in [0, 0.1) is 5.41 Å². The summed E-state index contributed by atoms with van der Waals surface area (Å²) in [7, 11) is 1.92. The van der Waals surface area contributed by atoms with Crippen molar-refractivity contribution in [2.45, 2.75) is 39.7 Å². The van der Waals surface area contributed by atoms with E-state index in [9.17, 15) is 9.90 Å². The normalized spacial score (nSPS) is 15.1. The monoisotopic (exact) mass is 406 g/mol. The van der Waals surface area contributed by atoms with Crippen LogP contribution in [0.4, 0.5) is 0 Å². The van der Waals surface area contributed by atoms with E-state index >= 15 is 0 Å². The van der Waals surface area contributed by atoms with Gasteiger partial charge in [0.05, 0.1) is 5.56 Å². The molecule has 1 aromatic carbocycles. The Kier molecular flexibility index (Phi) is 5.28. The summed E-state index contributed by atoms with van der Waals surface area (Å²) in [5, 5.41) is 13.3. The van der Waals surface area contributed by atoms with Gasteiger partial charge in [0, 0.05) is 28.7 Å². The Labute approximate surface area is 175 Å². The Morgan fingerprint density at radius 1 is 1.21 bits per heavy atom. The summed E-state index contributed by atoms with van der Waals surface area (Å²) in [6, 6.07) is 10.3. The fourth-order valence-corrected chi connectivity index (χ4v) is 5.58. The van der Waals surface area contributed by atoms with Gasteiger partial charge in [-0.2, -0.15) is 0 Å². The molecule has 4 nitrogen and oxygen atoms in total. The van der Waals surface area contributed by atoms with E-state index in [0.717, 1.165) is 52.0 Å². The Balaban J connectivity index is 1.86. The molecule has 1 aliphatic rings. The molecule has 2 N–H and O–H groups in total. The van der Waals surface area contributed by atoms with Crippen molar-refractivity contribution in [2.24, 2.45) is 5.41 Å². The molecule has 0 spiro atoms. The summed E-state index contributed by atoms with van der Waals surface area (Å²) < 4.78 is 0.